The molecule has 0 aromatic heterocycles. The van der Waals surface area contributed by atoms with Gasteiger partial charge in [0.1, 0.15) is 0 Å². The van der Waals surface area contributed by atoms with Crippen molar-refractivity contribution in [3.63, 3.8) is 0 Å². The highest BCUT2D eigenvalue weighted by Gasteiger charge is 2.26. The molecule has 1 fully saturated rings. The molecule has 1 aliphatic heterocycles. The van der Waals surface area contributed by atoms with Crippen molar-refractivity contribution < 1.29 is 19.5 Å². The molecule has 3 amide bonds. The van der Waals surface area contributed by atoms with Gasteiger partial charge in [-0.15, -0.1) is 0 Å². The quantitative estimate of drug-likeness (QED) is 0.707. The molecule has 1 rings (SSSR count). The predicted molar refractivity (Wildman–Crippen MR) is 78.9 cm³/mol. The minimum atomic E-state index is -0.859. The molecule has 21 heavy (non-hydrogen) atoms. The zero-order valence-electron chi connectivity index (χ0n) is 12.8. The van der Waals surface area contributed by atoms with E-state index in [2.05, 4.69) is 12.2 Å². The molecule has 0 aliphatic carbocycles. The largest absolute Gasteiger partial charge is 0.481 e. The molecule has 0 spiro atoms. The van der Waals surface area contributed by atoms with E-state index in [4.69, 9.17) is 5.11 Å². The fourth-order valence-corrected chi connectivity index (χ4v) is 2.72. The number of likely N-dealkylation sites (tertiary alicyclic amines) is 1. The number of rotatable bonds is 7. The molecule has 0 aromatic carbocycles. The summed E-state index contributed by atoms with van der Waals surface area (Å²) in [5.41, 5.74) is 0. The number of amides is 3. The van der Waals surface area contributed by atoms with Gasteiger partial charge in [0.2, 0.25) is 5.91 Å². The molecule has 0 saturated carbocycles. The Bertz CT molecular complexity index is 369. The molecule has 1 unspecified atom stereocenters. The number of nitrogens with one attached hydrogen (secondary N) is 1. The van der Waals surface area contributed by atoms with Crippen molar-refractivity contribution in [1.29, 1.82) is 0 Å². The Hall–Kier alpha value is -1.59. The summed E-state index contributed by atoms with van der Waals surface area (Å²) >= 11 is 0. The second-order valence-corrected chi connectivity index (χ2v) is 5.59. The highest BCUT2D eigenvalue weighted by molar-refractivity contribution is 5.94. The lowest BCUT2D eigenvalue weighted by atomic mass is 9.99. The van der Waals surface area contributed by atoms with Crippen LogP contribution in [0.2, 0.25) is 0 Å². The third-order valence-corrected chi connectivity index (χ3v) is 3.80. The monoisotopic (exact) mass is 298 g/mol. The number of nitrogens with zero attached hydrogens (tertiary/aromatic N) is 1. The van der Waals surface area contributed by atoms with E-state index in [0.29, 0.717) is 19.4 Å². The summed E-state index contributed by atoms with van der Waals surface area (Å²) in [5.74, 6) is -1.17. The van der Waals surface area contributed by atoms with Crippen LogP contribution in [0.3, 0.4) is 0 Å². The third kappa shape index (κ3) is 6.60. The number of hydrogen-bond donors (Lipinski definition) is 2. The summed E-state index contributed by atoms with van der Waals surface area (Å²) in [7, 11) is 0. The van der Waals surface area contributed by atoms with Gasteiger partial charge in [0.25, 0.3) is 0 Å². The number of aliphatic carboxylic acids is 1. The van der Waals surface area contributed by atoms with E-state index in [0.717, 1.165) is 32.1 Å². The summed E-state index contributed by atoms with van der Waals surface area (Å²) in [6.07, 6.45) is 6.34. The highest BCUT2D eigenvalue weighted by Crippen LogP contribution is 2.20. The zero-order valence-corrected chi connectivity index (χ0v) is 12.8. The standard InChI is InChI=1S/C15H26N2O4/c1-2-7-12-8-5-6-11-17(12)15(21)16-13(18)9-3-4-10-14(19)20/h12H,2-11H2,1H3,(H,19,20)(H,16,18,21). The smallest absolute Gasteiger partial charge is 0.324 e. The van der Waals surface area contributed by atoms with Crippen LogP contribution in [0.4, 0.5) is 4.79 Å². The lowest BCUT2D eigenvalue weighted by Crippen LogP contribution is -2.50. The highest BCUT2D eigenvalue weighted by atomic mass is 16.4. The van der Waals surface area contributed by atoms with Crippen molar-refractivity contribution in [3.8, 4) is 0 Å². The minimum Gasteiger partial charge on any atom is -0.481 e. The van der Waals surface area contributed by atoms with Crippen LogP contribution in [0, 0.1) is 0 Å². The Morgan fingerprint density at radius 3 is 2.57 bits per heavy atom. The number of carbonyl (C=O) groups is 3. The van der Waals surface area contributed by atoms with Crippen LogP contribution < -0.4 is 5.32 Å². The summed E-state index contributed by atoms with van der Waals surface area (Å²) in [5, 5.41) is 10.9. The molecule has 0 aromatic rings. The molecule has 1 saturated heterocycles. The normalized spacial score (nSPS) is 18.3. The number of unbranched alkanes of at least 4 members (excludes halogenated alkanes) is 1. The van der Waals surface area contributed by atoms with Crippen molar-refractivity contribution in [2.24, 2.45) is 0 Å². The lowest BCUT2D eigenvalue weighted by Gasteiger charge is -2.35. The Kier molecular flexibility index (Phi) is 7.79. The van der Waals surface area contributed by atoms with Crippen molar-refractivity contribution >= 4 is 17.9 Å². The maximum atomic E-state index is 12.1. The number of carbonyl (C=O) groups excluding carboxylic acids is 2. The van der Waals surface area contributed by atoms with E-state index in [9.17, 15) is 14.4 Å². The van der Waals surface area contributed by atoms with Crippen LogP contribution >= 0.6 is 0 Å². The first-order valence-corrected chi connectivity index (χ1v) is 7.86. The average molecular weight is 298 g/mol. The predicted octanol–water partition coefficient (Wildman–Crippen LogP) is 2.52. The second kappa shape index (κ2) is 9.37. The van der Waals surface area contributed by atoms with E-state index in [1.165, 1.54) is 0 Å². The Labute approximate surface area is 125 Å². The first kappa shape index (κ1) is 17.5. The zero-order chi connectivity index (χ0) is 15.7. The SMILES string of the molecule is CCCC1CCCCN1C(=O)NC(=O)CCCCC(=O)O. The number of imide groups is 1. The molecular formula is C15H26N2O4. The van der Waals surface area contributed by atoms with Crippen LogP contribution in [0.25, 0.3) is 0 Å². The van der Waals surface area contributed by atoms with Gasteiger partial charge >= 0.3 is 12.0 Å². The van der Waals surface area contributed by atoms with Crippen molar-refractivity contribution in [2.75, 3.05) is 6.54 Å². The second-order valence-electron chi connectivity index (χ2n) is 5.59. The van der Waals surface area contributed by atoms with E-state index in [1.807, 2.05) is 0 Å². The molecule has 120 valence electrons. The number of carboxylic acid groups (broad SMARTS) is 1. The molecule has 2 N–H and O–H groups in total. The molecule has 1 aliphatic rings. The van der Waals surface area contributed by atoms with E-state index in [1.54, 1.807) is 4.90 Å². The van der Waals surface area contributed by atoms with Gasteiger partial charge in [-0.2, -0.15) is 0 Å². The molecule has 6 nitrogen and oxygen atoms in total. The summed E-state index contributed by atoms with van der Waals surface area (Å²) in [6, 6.07) is -0.0556. The lowest BCUT2D eigenvalue weighted by molar-refractivity contribution is -0.137. The van der Waals surface area contributed by atoms with Gasteiger partial charge in [-0.1, -0.05) is 13.3 Å². The van der Waals surface area contributed by atoms with Crippen LogP contribution in [-0.2, 0) is 9.59 Å². The Balaban J connectivity index is 2.33. The Morgan fingerprint density at radius 2 is 1.90 bits per heavy atom. The molecule has 0 bridgehead atoms. The fraction of sp³-hybridized carbons (Fsp3) is 0.800. The summed E-state index contributed by atoms with van der Waals surface area (Å²) in [4.78, 5) is 36.0. The van der Waals surface area contributed by atoms with Gasteiger partial charge in [-0.05, 0) is 38.5 Å². The number of urea groups is 1. The van der Waals surface area contributed by atoms with E-state index >= 15 is 0 Å². The molecule has 1 heterocycles. The first-order valence-electron chi connectivity index (χ1n) is 7.86. The van der Waals surface area contributed by atoms with Crippen molar-refractivity contribution in [2.45, 2.75) is 70.8 Å². The topological polar surface area (TPSA) is 86.7 Å². The van der Waals surface area contributed by atoms with Gasteiger partial charge < -0.3 is 10.0 Å². The van der Waals surface area contributed by atoms with Crippen LogP contribution in [-0.4, -0.2) is 40.5 Å². The average Bonchev–Trinajstić information content (AvgIpc) is 2.44. The Morgan fingerprint density at radius 1 is 1.19 bits per heavy atom. The van der Waals surface area contributed by atoms with E-state index in [-0.39, 0.29) is 30.8 Å². The molecular weight excluding hydrogens is 272 g/mol. The van der Waals surface area contributed by atoms with Crippen molar-refractivity contribution in [1.82, 2.24) is 10.2 Å². The maximum Gasteiger partial charge on any atom is 0.324 e. The molecule has 6 heteroatoms. The number of piperidine rings is 1. The van der Waals surface area contributed by atoms with E-state index < -0.39 is 5.97 Å². The van der Waals surface area contributed by atoms with Gasteiger partial charge in [0.05, 0.1) is 0 Å². The van der Waals surface area contributed by atoms with Gasteiger partial charge in [0, 0.05) is 25.4 Å². The fourth-order valence-electron chi connectivity index (χ4n) is 2.72. The minimum absolute atomic E-state index is 0.0614. The van der Waals surface area contributed by atoms with Gasteiger partial charge in [0.15, 0.2) is 0 Å². The third-order valence-electron chi connectivity index (χ3n) is 3.80. The van der Waals surface area contributed by atoms with Crippen LogP contribution in [0.15, 0.2) is 0 Å². The molecule has 1 atom stereocenters. The summed E-state index contributed by atoms with van der Waals surface area (Å²) < 4.78 is 0. The molecule has 0 radical (unpaired) electrons. The number of hydrogen-bond acceptors (Lipinski definition) is 3. The van der Waals surface area contributed by atoms with Crippen LogP contribution in [0.1, 0.15) is 64.7 Å². The maximum absolute atomic E-state index is 12.1. The number of carboxylic acids is 1. The van der Waals surface area contributed by atoms with Gasteiger partial charge in [-0.25, -0.2) is 4.79 Å². The van der Waals surface area contributed by atoms with Crippen LogP contribution in [0.5, 0.6) is 0 Å². The summed E-state index contributed by atoms with van der Waals surface area (Å²) in [6.45, 7) is 2.81. The van der Waals surface area contributed by atoms with Gasteiger partial charge in [-0.3, -0.25) is 14.9 Å². The van der Waals surface area contributed by atoms with Crippen molar-refractivity contribution in [3.05, 3.63) is 0 Å². The first-order chi connectivity index (χ1) is 10.0.